The summed E-state index contributed by atoms with van der Waals surface area (Å²) in [5, 5.41) is 7.35. The molecule has 0 radical (unpaired) electrons. The monoisotopic (exact) mass is 439 g/mol. The van der Waals surface area contributed by atoms with Gasteiger partial charge >= 0.3 is 6.18 Å². The summed E-state index contributed by atoms with van der Waals surface area (Å²) in [6.45, 7) is 0.489. The van der Waals surface area contributed by atoms with Crippen LogP contribution in [0.3, 0.4) is 0 Å². The van der Waals surface area contributed by atoms with Gasteiger partial charge in [-0.3, -0.25) is 4.98 Å². The molecule has 7 nitrogen and oxygen atoms in total. The van der Waals surface area contributed by atoms with Crippen LogP contribution in [-0.4, -0.2) is 38.8 Å². The Hall–Kier alpha value is -3.95. The van der Waals surface area contributed by atoms with Gasteiger partial charge in [0.15, 0.2) is 11.5 Å². The van der Waals surface area contributed by atoms with Crippen LogP contribution in [-0.2, 0) is 12.7 Å². The summed E-state index contributed by atoms with van der Waals surface area (Å²) >= 11 is 0. The van der Waals surface area contributed by atoms with E-state index in [-0.39, 0.29) is 11.5 Å². The normalized spacial score (nSPS) is 11.4. The molecule has 0 unspecified atom stereocenters. The van der Waals surface area contributed by atoms with Crippen molar-refractivity contribution in [1.29, 1.82) is 0 Å². The fourth-order valence-electron chi connectivity index (χ4n) is 3.20. The van der Waals surface area contributed by atoms with E-state index in [1.807, 2.05) is 31.1 Å². The first-order valence-corrected chi connectivity index (χ1v) is 9.72. The molecule has 10 heteroatoms. The Morgan fingerprint density at radius 1 is 1.00 bits per heavy atom. The number of anilines is 2. The van der Waals surface area contributed by atoms with Crippen LogP contribution in [0.2, 0.25) is 0 Å². The predicted molar refractivity (Wildman–Crippen MR) is 115 cm³/mol. The Bertz CT molecular complexity index is 1190. The highest BCUT2D eigenvalue weighted by molar-refractivity contribution is 5.59. The smallest absolute Gasteiger partial charge is 0.380 e. The molecule has 0 aromatic carbocycles. The third kappa shape index (κ3) is 4.53. The second-order valence-corrected chi connectivity index (χ2v) is 7.21. The largest absolute Gasteiger partial charge is 0.433 e. The third-order valence-electron chi connectivity index (χ3n) is 4.70. The average Bonchev–Trinajstić information content (AvgIpc) is 3.25. The van der Waals surface area contributed by atoms with Crippen LogP contribution in [0.15, 0.2) is 67.3 Å². The molecule has 0 bridgehead atoms. The highest BCUT2D eigenvalue weighted by atomic mass is 19.4. The minimum absolute atomic E-state index is 0.0633. The lowest BCUT2D eigenvalue weighted by molar-refractivity contribution is -0.142. The molecule has 4 aromatic heterocycles. The van der Waals surface area contributed by atoms with Gasteiger partial charge in [-0.1, -0.05) is 6.07 Å². The van der Waals surface area contributed by atoms with Gasteiger partial charge in [0.05, 0.1) is 17.6 Å². The quantitative estimate of drug-likeness (QED) is 0.480. The van der Waals surface area contributed by atoms with Crippen molar-refractivity contribution in [2.75, 3.05) is 24.3 Å². The molecule has 0 saturated heterocycles. The van der Waals surface area contributed by atoms with Gasteiger partial charge in [0.2, 0.25) is 0 Å². The van der Waals surface area contributed by atoms with E-state index < -0.39 is 11.9 Å². The van der Waals surface area contributed by atoms with Gasteiger partial charge in [-0.25, -0.2) is 14.6 Å². The summed E-state index contributed by atoms with van der Waals surface area (Å²) in [5.41, 5.74) is 1.39. The number of hydrogen-bond donors (Lipinski definition) is 1. The Morgan fingerprint density at radius 3 is 2.47 bits per heavy atom. The van der Waals surface area contributed by atoms with Gasteiger partial charge in [0.1, 0.15) is 5.82 Å². The van der Waals surface area contributed by atoms with Crippen molar-refractivity contribution >= 4 is 11.5 Å². The first kappa shape index (κ1) is 21.3. The maximum Gasteiger partial charge on any atom is 0.433 e. The maximum atomic E-state index is 13.6. The fraction of sp³-hybridized carbons (Fsp3) is 0.182. The van der Waals surface area contributed by atoms with Gasteiger partial charge in [-0.15, -0.1) is 0 Å². The van der Waals surface area contributed by atoms with Crippen molar-refractivity contribution in [1.82, 2.24) is 24.7 Å². The second-order valence-electron chi connectivity index (χ2n) is 7.21. The van der Waals surface area contributed by atoms with E-state index in [0.717, 1.165) is 22.1 Å². The first-order valence-electron chi connectivity index (χ1n) is 9.72. The highest BCUT2D eigenvalue weighted by Gasteiger charge is 2.36. The number of nitrogens with zero attached hydrogens (tertiary/aromatic N) is 6. The lowest BCUT2D eigenvalue weighted by Gasteiger charge is -2.16. The molecule has 0 saturated carbocycles. The number of alkyl halides is 3. The van der Waals surface area contributed by atoms with E-state index in [4.69, 9.17) is 0 Å². The molecule has 0 fully saturated rings. The molecular formula is C22H20F3N7. The Morgan fingerprint density at radius 2 is 1.81 bits per heavy atom. The van der Waals surface area contributed by atoms with Crippen molar-refractivity contribution in [3.63, 3.8) is 0 Å². The van der Waals surface area contributed by atoms with Crippen molar-refractivity contribution in [2.45, 2.75) is 12.7 Å². The molecular weight excluding hydrogens is 419 g/mol. The van der Waals surface area contributed by atoms with Crippen molar-refractivity contribution in [3.05, 3.63) is 78.5 Å². The molecule has 0 spiro atoms. The van der Waals surface area contributed by atoms with Crippen LogP contribution >= 0.6 is 0 Å². The van der Waals surface area contributed by atoms with Gasteiger partial charge < -0.3 is 10.2 Å². The SMILES string of the molecule is CN(C)c1ncccc1CNc1ccc(-n2nc(-c3cccnc3)cc2C(F)(F)F)nc1. The number of pyridine rings is 3. The molecule has 4 rings (SSSR count). The van der Waals surface area contributed by atoms with E-state index in [9.17, 15) is 13.2 Å². The topological polar surface area (TPSA) is 71.8 Å². The molecule has 32 heavy (non-hydrogen) atoms. The molecule has 0 atom stereocenters. The highest BCUT2D eigenvalue weighted by Crippen LogP contribution is 2.33. The van der Waals surface area contributed by atoms with Crippen LogP contribution in [0.25, 0.3) is 17.1 Å². The number of rotatable bonds is 6. The second kappa shape index (κ2) is 8.66. The summed E-state index contributed by atoms with van der Waals surface area (Å²) in [5.74, 6) is 0.896. The first-order chi connectivity index (χ1) is 15.3. The van der Waals surface area contributed by atoms with Crippen LogP contribution in [0.5, 0.6) is 0 Å². The number of hydrogen-bond acceptors (Lipinski definition) is 6. The molecule has 1 N–H and O–H groups in total. The molecule has 0 aliphatic carbocycles. The third-order valence-corrected chi connectivity index (χ3v) is 4.70. The molecule has 0 aliphatic rings. The molecule has 0 amide bonds. The zero-order valence-electron chi connectivity index (χ0n) is 17.4. The number of nitrogens with one attached hydrogen (secondary N) is 1. The standard InChI is InChI=1S/C22H20F3N7/c1-31(2)21-16(6-4-10-27-21)13-28-17-7-8-20(29-14-17)32-19(22(23,24)25)11-18(30-32)15-5-3-9-26-12-15/h3-12,14,28H,13H2,1-2H3. The van der Waals surface area contributed by atoms with Crippen LogP contribution in [0.1, 0.15) is 11.3 Å². The van der Waals surface area contributed by atoms with Gasteiger partial charge in [0, 0.05) is 50.4 Å². The van der Waals surface area contributed by atoms with Crippen molar-refractivity contribution < 1.29 is 13.2 Å². The summed E-state index contributed by atoms with van der Waals surface area (Å²) in [7, 11) is 3.81. The molecule has 0 aliphatic heterocycles. The summed E-state index contributed by atoms with van der Waals surface area (Å²) < 4.78 is 41.7. The summed E-state index contributed by atoms with van der Waals surface area (Å²) in [6, 6.07) is 11.3. The maximum absolute atomic E-state index is 13.6. The molecule has 4 heterocycles. The average molecular weight is 439 g/mol. The van der Waals surface area contributed by atoms with Gasteiger partial charge in [-0.2, -0.15) is 18.3 Å². The Labute approximate surface area is 182 Å². The molecule has 164 valence electrons. The number of halogens is 3. The minimum atomic E-state index is -4.59. The van der Waals surface area contributed by atoms with E-state index in [0.29, 0.717) is 17.8 Å². The van der Waals surface area contributed by atoms with E-state index in [1.54, 1.807) is 30.6 Å². The predicted octanol–water partition coefficient (Wildman–Crippen LogP) is 4.42. The summed E-state index contributed by atoms with van der Waals surface area (Å²) in [4.78, 5) is 14.4. The lowest BCUT2D eigenvalue weighted by Crippen LogP contribution is -2.15. The minimum Gasteiger partial charge on any atom is -0.380 e. The Balaban J connectivity index is 1.58. The van der Waals surface area contributed by atoms with Gasteiger partial charge in [-0.05, 0) is 36.4 Å². The van der Waals surface area contributed by atoms with E-state index >= 15 is 0 Å². The Kier molecular flexibility index (Phi) is 5.76. The zero-order chi connectivity index (χ0) is 22.7. The summed E-state index contributed by atoms with van der Waals surface area (Å²) in [6.07, 6.45) is 1.62. The van der Waals surface area contributed by atoms with Gasteiger partial charge in [0.25, 0.3) is 0 Å². The lowest BCUT2D eigenvalue weighted by atomic mass is 10.2. The molecule has 4 aromatic rings. The zero-order valence-corrected chi connectivity index (χ0v) is 17.4. The fourth-order valence-corrected chi connectivity index (χ4v) is 3.20. The van der Waals surface area contributed by atoms with Crippen molar-refractivity contribution in [3.8, 4) is 17.1 Å². The number of aromatic nitrogens is 5. The van der Waals surface area contributed by atoms with Crippen LogP contribution in [0, 0.1) is 0 Å². The van der Waals surface area contributed by atoms with E-state index in [2.05, 4.69) is 25.4 Å². The van der Waals surface area contributed by atoms with E-state index in [1.165, 1.54) is 18.5 Å². The van der Waals surface area contributed by atoms with Crippen LogP contribution < -0.4 is 10.2 Å². The van der Waals surface area contributed by atoms with Crippen LogP contribution in [0.4, 0.5) is 24.7 Å². The van der Waals surface area contributed by atoms with Crippen molar-refractivity contribution in [2.24, 2.45) is 0 Å².